The van der Waals surface area contributed by atoms with Crippen molar-refractivity contribution in [1.29, 1.82) is 0 Å². The van der Waals surface area contributed by atoms with Crippen molar-refractivity contribution in [2.75, 3.05) is 11.5 Å². The molecule has 0 fully saturated rings. The molecule has 3 heteroatoms. The molecule has 0 amide bonds. The summed E-state index contributed by atoms with van der Waals surface area (Å²) < 4.78 is 0.873. The molecule has 13 heavy (non-hydrogen) atoms. The van der Waals surface area contributed by atoms with Crippen LogP contribution in [-0.4, -0.2) is 0 Å². The van der Waals surface area contributed by atoms with Crippen LogP contribution in [0.15, 0.2) is 16.6 Å². The first-order chi connectivity index (χ1) is 5.82. The van der Waals surface area contributed by atoms with Gasteiger partial charge in [0.05, 0.1) is 11.4 Å². The van der Waals surface area contributed by atoms with Gasteiger partial charge in [0.15, 0.2) is 0 Å². The third kappa shape index (κ3) is 2.15. The maximum absolute atomic E-state index is 5.76. The van der Waals surface area contributed by atoms with E-state index in [1.54, 1.807) is 0 Å². The molecule has 0 unspecified atom stereocenters. The minimum atomic E-state index is 0.102. The minimum Gasteiger partial charge on any atom is -0.397 e. The molecule has 4 N–H and O–H groups in total. The maximum atomic E-state index is 5.76. The average Bonchev–Trinajstić information content (AvgIpc) is 1.97. The third-order valence-corrected chi connectivity index (χ3v) is 2.68. The van der Waals surface area contributed by atoms with Gasteiger partial charge in [-0.1, -0.05) is 20.8 Å². The second kappa shape index (κ2) is 3.22. The van der Waals surface area contributed by atoms with Crippen molar-refractivity contribution < 1.29 is 0 Å². The van der Waals surface area contributed by atoms with Gasteiger partial charge in [-0.15, -0.1) is 0 Å². The van der Waals surface area contributed by atoms with Crippen molar-refractivity contribution in [1.82, 2.24) is 0 Å². The minimum absolute atomic E-state index is 0.102. The highest BCUT2D eigenvalue weighted by Gasteiger charge is 2.15. The molecule has 0 radical (unpaired) electrons. The lowest BCUT2D eigenvalue weighted by atomic mass is 9.87. The molecule has 0 saturated heterocycles. The number of anilines is 2. The fraction of sp³-hybridized carbons (Fsp3) is 0.400. The number of rotatable bonds is 0. The first-order valence-electron chi connectivity index (χ1n) is 4.17. The number of hydrogen-bond acceptors (Lipinski definition) is 2. The zero-order valence-corrected chi connectivity index (χ0v) is 9.77. The van der Waals surface area contributed by atoms with Crippen LogP contribution in [0.3, 0.4) is 0 Å². The van der Waals surface area contributed by atoms with Crippen LogP contribution >= 0.6 is 15.9 Å². The van der Waals surface area contributed by atoms with E-state index in [4.69, 9.17) is 11.5 Å². The average molecular weight is 243 g/mol. The van der Waals surface area contributed by atoms with Crippen LogP contribution in [0.2, 0.25) is 0 Å². The highest BCUT2D eigenvalue weighted by molar-refractivity contribution is 9.10. The smallest absolute Gasteiger partial charge is 0.0692 e. The van der Waals surface area contributed by atoms with Crippen molar-refractivity contribution in [2.24, 2.45) is 0 Å². The fourth-order valence-corrected chi connectivity index (χ4v) is 1.55. The van der Waals surface area contributed by atoms with E-state index < -0.39 is 0 Å². The number of nitrogens with two attached hydrogens (primary N) is 2. The molecule has 0 heterocycles. The van der Waals surface area contributed by atoms with Crippen LogP contribution in [0.1, 0.15) is 26.3 Å². The molecule has 0 aliphatic heterocycles. The van der Waals surface area contributed by atoms with Crippen molar-refractivity contribution in [3.63, 3.8) is 0 Å². The summed E-state index contributed by atoms with van der Waals surface area (Å²) >= 11 is 3.38. The normalized spacial score (nSPS) is 11.7. The Morgan fingerprint density at radius 2 is 1.69 bits per heavy atom. The summed E-state index contributed by atoms with van der Waals surface area (Å²) in [7, 11) is 0. The highest BCUT2D eigenvalue weighted by atomic mass is 79.9. The second-order valence-electron chi connectivity index (χ2n) is 4.21. The van der Waals surface area contributed by atoms with E-state index in [1.807, 2.05) is 12.1 Å². The lowest BCUT2D eigenvalue weighted by Gasteiger charge is -2.20. The SMILES string of the molecule is CC(C)(C)c1cc(N)c(N)c(Br)c1. The summed E-state index contributed by atoms with van der Waals surface area (Å²) in [5.74, 6) is 0. The van der Waals surface area contributed by atoms with E-state index in [0.717, 1.165) is 4.47 Å². The topological polar surface area (TPSA) is 52.0 Å². The summed E-state index contributed by atoms with van der Waals surface area (Å²) in [6.07, 6.45) is 0. The number of hydrogen-bond donors (Lipinski definition) is 2. The Morgan fingerprint density at radius 1 is 1.15 bits per heavy atom. The van der Waals surface area contributed by atoms with Gasteiger partial charge in [-0.05, 0) is 39.0 Å². The molecule has 0 spiro atoms. The van der Waals surface area contributed by atoms with Gasteiger partial charge < -0.3 is 11.5 Å². The Kier molecular flexibility index (Phi) is 2.57. The van der Waals surface area contributed by atoms with Gasteiger partial charge in [0, 0.05) is 4.47 Å². The lowest BCUT2D eigenvalue weighted by Crippen LogP contribution is -2.12. The van der Waals surface area contributed by atoms with Crippen LogP contribution < -0.4 is 11.5 Å². The summed E-state index contributed by atoms with van der Waals surface area (Å²) in [5, 5.41) is 0. The van der Waals surface area contributed by atoms with Crippen LogP contribution in [0, 0.1) is 0 Å². The lowest BCUT2D eigenvalue weighted by molar-refractivity contribution is 0.590. The van der Waals surface area contributed by atoms with Gasteiger partial charge >= 0.3 is 0 Å². The van der Waals surface area contributed by atoms with E-state index >= 15 is 0 Å². The Hall–Kier alpha value is -0.700. The standard InChI is InChI=1S/C10H15BrN2/c1-10(2,3)6-4-7(11)9(13)8(12)5-6/h4-5H,12-13H2,1-3H3. The molecule has 0 bridgehead atoms. The third-order valence-electron chi connectivity index (χ3n) is 2.03. The van der Waals surface area contributed by atoms with E-state index in [1.165, 1.54) is 5.56 Å². The van der Waals surface area contributed by atoms with Gasteiger partial charge in [0.25, 0.3) is 0 Å². The van der Waals surface area contributed by atoms with Crippen LogP contribution in [0.25, 0.3) is 0 Å². The molecule has 1 rings (SSSR count). The molecule has 0 aliphatic rings. The van der Waals surface area contributed by atoms with Gasteiger partial charge in [0.2, 0.25) is 0 Å². The van der Waals surface area contributed by atoms with Crippen molar-refractivity contribution >= 4 is 27.3 Å². The largest absolute Gasteiger partial charge is 0.397 e. The van der Waals surface area contributed by atoms with Crippen LogP contribution in [0.4, 0.5) is 11.4 Å². The first-order valence-corrected chi connectivity index (χ1v) is 4.96. The van der Waals surface area contributed by atoms with E-state index in [2.05, 4.69) is 36.7 Å². The Bertz CT molecular complexity index is 303. The molecular formula is C10H15BrN2. The highest BCUT2D eigenvalue weighted by Crippen LogP contribution is 2.32. The fourth-order valence-electron chi connectivity index (χ4n) is 1.07. The second-order valence-corrected chi connectivity index (χ2v) is 5.07. The number of nitrogen functional groups attached to an aromatic ring is 2. The molecule has 0 aromatic heterocycles. The van der Waals surface area contributed by atoms with Crippen molar-refractivity contribution in [2.45, 2.75) is 26.2 Å². The summed E-state index contributed by atoms with van der Waals surface area (Å²) in [6, 6.07) is 3.95. The van der Waals surface area contributed by atoms with E-state index in [9.17, 15) is 0 Å². The van der Waals surface area contributed by atoms with Crippen LogP contribution in [-0.2, 0) is 5.41 Å². The molecule has 1 aromatic carbocycles. The molecule has 0 saturated carbocycles. The summed E-state index contributed by atoms with van der Waals surface area (Å²) in [5.41, 5.74) is 14.0. The predicted octanol–water partition coefficient (Wildman–Crippen LogP) is 2.91. The van der Waals surface area contributed by atoms with Gasteiger partial charge in [0.1, 0.15) is 0 Å². The monoisotopic (exact) mass is 242 g/mol. The number of benzene rings is 1. The van der Waals surface area contributed by atoms with Gasteiger partial charge in [-0.2, -0.15) is 0 Å². The van der Waals surface area contributed by atoms with E-state index in [-0.39, 0.29) is 5.41 Å². The van der Waals surface area contributed by atoms with Gasteiger partial charge in [-0.25, -0.2) is 0 Å². The quantitative estimate of drug-likeness (QED) is 0.688. The summed E-state index contributed by atoms with van der Waals surface area (Å²) in [4.78, 5) is 0. The zero-order chi connectivity index (χ0) is 10.2. The molecule has 1 aromatic rings. The molecule has 0 aliphatic carbocycles. The Balaban J connectivity index is 3.29. The van der Waals surface area contributed by atoms with Crippen molar-refractivity contribution in [3.05, 3.63) is 22.2 Å². The van der Waals surface area contributed by atoms with Gasteiger partial charge in [-0.3, -0.25) is 0 Å². The first kappa shape index (κ1) is 10.4. The summed E-state index contributed by atoms with van der Waals surface area (Å²) in [6.45, 7) is 6.43. The van der Waals surface area contributed by atoms with E-state index in [0.29, 0.717) is 11.4 Å². The molecule has 2 nitrogen and oxygen atoms in total. The predicted molar refractivity (Wildman–Crippen MR) is 61.7 cm³/mol. The zero-order valence-electron chi connectivity index (χ0n) is 8.19. The maximum Gasteiger partial charge on any atom is 0.0692 e. The molecule has 72 valence electrons. The molecular weight excluding hydrogens is 228 g/mol. The van der Waals surface area contributed by atoms with Crippen molar-refractivity contribution in [3.8, 4) is 0 Å². The Morgan fingerprint density at radius 3 is 2.08 bits per heavy atom. The Labute approximate surface area is 87.4 Å². The van der Waals surface area contributed by atoms with Crippen LogP contribution in [0.5, 0.6) is 0 Å². The number of halogens is 1. The molecule has 0 atom stereocenters.